The third-order valence-electron chi connectivity index (χ3n) is 2.84. The number of aromatic nitrogens is 4. The molecule has 0 spiro atoms. The molecule has 0 radical (unpaired) electrons. The van der Waals surface area contributed by atoms with Gasteiger partial charge in [0.15, 0.2) is 0 Å². The van der Waals surface area contributed by atoms with Crippen molar-refractivity contribution in [3.8, 4) is 0 Å². The van der Waals surface area contributed by atoms with E-state index >= 15 is 0 Å². The quantitative estimate of drug-likeness (QED) is 0.694. The summed E-state index contributed by atoms with van der Waals surface area (Å²) in [5.41, 5.74) is 7.59. The van der Waals surface area contributed by atoms with Gasteiger partial charge in [0, 0.05) is 36.6 Å². The predicted octanol–water partition coefficient (Wildman–Crippen LogP) is 1.44. The zero-order chi connectivity index (χ0) is 13.0. The van der Waals surface area contributed by atoms with E-state index in [9.17, 15) is 0 Å². The van der Waals surface area contributed by atoms with E-state index in [1.165, 1.54) is 0 Å². The lowest BCUT2D eigenvalue weighted by Gasteiger charge is -2.10. The number of hydrogen-bond donors (Lipinski definition) is 3. The molecule has 0 saturated carbocycles. The molecule has 2 aromatic heterocycles. The summed E-state index contributed by atoms with van der Waals surface area (Å²) in [7, 11) is 0. The molecule has 96 valence electrons. The van der Waals surface area contributed by atoms with Crippen molar-refractivity contribution in [2.75, 3.05) is 17.6 Å². The molecule has 0 amide bonds. The van der Waals surface area contributed by atoms with Crippen LogP contribution < -0.4 is 11.1 Å². The summed E-state index contributed by atoms with van der Waals surface area (Å²) >= 11 is 0. The largest absolute Gasteiger partial charge is 0.370 e. The van der Waals surface area contributed by atoms with Crippen LogP contribution in [0.25, 0.3) is 0 Å². The third-order valence-corrected chi connectivity index (χ3v) is 2.84. The number of nitrogens with two attached hydrogens (primary N) is 1. The van der Waals surface area contributed by atoms with Gasteiger partial charge in [-0.1, -0.05) is 0 Å². The second kappa shape index (κ2) is 5.48. The molecule has 2 aromatic rings. The highest BCUT2D eigenvalue weighted by atomic mass is 15.1. The Morgan fingerprint density at radius 1 is 1.33 bits per heavy atom. The zero-order valence-electron chi connectivity index (χ0n) is 10.7. The average Bonchev–Trinajstić information content (AvgIpc) is 2.83. The van der Waals surface area contributed by atoms with Gasteiger partial charge in [-0.3, -0.25) is 0 Å². The van der Waals surface area contributed by atoms with Gasteiger partial charge in [0.05, 0.1) is 0 Å². The van der Waals surface area contributed by atoms with Crippen molar-refractivity contribution in [3.63, 3.8) is 0 Å². The number of aryl methyl sites for hydroxylation is 2. The first kappa shape index (κ1) is 12.3. The van der Waals surface area contributed by atoms with Gasteiger partial charge in [-0.05, 0) is 20.3 Å². The van der Waals surface area contributed by atoms with Crippen molar-refractivity contribution in [3.05, 3.63) is 29.5 Å². The summed E-state index contributed by atoms with van der Waals surface area (Å²) in [5, 5.41) is 3.28. The first-order chi connectivity index (χ1) is 8.66. The SMILES string of the molecule is Cc1nc(N)nc(NCCCc2ncc[nH]2)c1C. The molecule has 4 N–H and O–H groups in total. The number of H-pyrrole nitrogens is 1. The second-order valence-corrected chi connectivity index (χ2v) is 4.21. The molecule has 0 atom stereocenters. The molecular formula is C12H18N6. The molecule has 0 saturated heterocycles. The fraction of sp³-hybridized carbons (Fsp3) is 0.417. The van der Waals surface area contributed by atoms with E-state index in [2.05, 4.69) is 25.3 Å². The summed E-state index contributed by atoms with van der Waals surface area (Å²) in [5.74, 6) is 2.14. The standard InChI is InChI=1S/C12H18N6/c1-8-9(2)17-12(13)18-11(8)16-5-3-4-10-14-6-7-15-10/h6-7H,3-5H2,1-2H3,(H,14,15)(H3,13,16,17,18). The van der Waals surface area contributed by atoms with Crippen LogP contribution in [0.4, 0.5) is 11.8 Å². The molecule has 6 heteroatoms. The number of imidazole rings is 1. The van der Waals surface area contributed by atoms with E-state index in [-0.39, 0.29) is 0 Å². The first-order valence-electron chi connectivity index (χ1n) is 5.99. The number of aromatic amines is 1. The zero-order valence-corrected chi connectivity index (χ0v) is 10.7. The minimum Gasteiger partial charge on any atom is -0.370 e. The number of nitrogens with zero attached hydrogens (tertiary/aromatic N) is 3. The Morgan fingerprint density at radius 2 is 2.17 bits per heavy atom. The predicted molar refractivity (Wildman–Crippen MR) is 71.3 cm³/mol. The topological polar surface area (TPSA) is 92.5 Å². The third kappa shape index (κ3) is 2.97. The van der Waals surface area contributed by atoms with E-state index < -0.39 is 0 Å². The van der Waals surface area contributed by atoms with Crippen molar-refractivity contribution in [2.45, 2.75) is 26.7 Å². The highest BCUT2D eigenvalue weighted by Crippen LogP contribution is 2.15. The van der Waals surface area contributed by atoms with Crippen molar-refractivity contribution >= 4 is 11.8 Å². The van der Waals surface area contributed by atoms with Crippen molar-refractivity contribution in [1.82, 2.24) is 19.9 Å². The molecule has 2 heterocycles. The van der Waals surface area contributed by atoms with Gasteiger partial charge in [0.1, 0.15) is 11.6 Å². The van der Waals surface area contributed by atoms with Crippen LogP contribution in [0.1, 0.15) is 23.5 Å². The molecular weight excluding hydrogens is 228 g/mol. The average molecular weight is 246 g/mol. The van der Waals surface area contributed by atoms with E-state index in [1.807, 2.05) is 20.0 Å². The van der Waals surface area contributed by atoms with Crippen LogP contribution in [-0.4, -0.2) is 26.5 Å². The smallest absolute Gasteiger partial charge is 0.222 e. The molecule has 0 unspecified atom stereocenters. The Bertz CT molecular complexity index is 506. The molecule has 6 nitrogen and oxygen atoms in total. The summed E-state index contributed by atoms with van der Waals surface area (Å²) in [6, 6.07) is 0. The Morgan fingerprint density at radius 3 is 2.89 bits per heavy atom. The lowest BCUT2D eigenvalue weighted by Crippen LogP contribution is -2.10. The number of anilines is 2. The highest BCUT2D eigenvalue weighted by molar-refractivity contribution is 5.48. The normalized spacial score (nSPS) is 10.6. The van der Waals surface area contributed by atoms with Gasteiger partial charge < -0.3 is 16.0 Å². The maximum absolute atomic E-state index is 5.63. The van der Waals surface area contributed by atoms with Crippen molar-refractivity contribution in [2.24, 2.45) is 0 Å². The Hall–Kier alpha value is -2.11. The fourth-order valence-corrected chi connectivity index (χ4v) is 1.72. The monoisotopic (exact) mass is 246 g/mol. The van der Waals surface area contributed by atoms with Crippen LogP contribution in [0.5, 0.6) is 0 Å². The van der Waals surface area contributed by atoms with Crippen LogP contribution in [0.15, 0.2) is 12.4 Å². The molecule has 0 bridgehead atoms. The lowest BCUT2D eigenvalue weighted by molar-refractivity contribution is 0.812. The second-order valence-electron chi connectivity index (χ2n) is 4.21. The van der Waals surface area contributed by atoms with Gasteiger partial charge in [0.25, 0.3) is 0 Å². The summed E-state index contributed by atoms with van der Waals surface area (Å²) in [6.45, 7) is 4.75. The van der Waals surface area contributed by atoms with Gasteiger partial charge in [-0.2, -0.15) is 4.98 Å². The van der Waals surface area contributed by atoms with Gasteiger partial charge in [0.2, 0.25) is 5.95 Å². The molecule has 2 rings (SSSR count). The van der Waals surface area contributed by atoms with Crippen LogP contribution in [0.3, 0.4) is 0 Å². The minimum atomic E-state index is 0.312. The van der Waals surface area contributed by atoms with Crippen LogP contribution in [0, 0.1) is 13.8 Å². The summed E-state index contributed by atoms with van der Waals surface area (Å²) in [4.78, 5) is 15.6. The molecule has 0 aromatic carbocycles. The summed E-state index contributed by atoms with van der Waals surface area (Å²) < 4.78 is 0. The fourth-order valence-electron chi connectivity index (χ4n) is 1.72. The number of nitrogen functional groups attached to an aromatic ring is 1. The molecule has 0 aliphatic carbocycles. The maximum Gasteiger partial charge on any atom is 0.222 e. The van der Waals surface area contributed by atoms with E-state index in [4.69, 9.17) is 5.73 Å². The van der Waals surface area contributed by atoms with Crippen LogP contribution in [-0.2, 0) is 6.42 Å². The van der Waals surface area contributed by atoms with Crippen LogP contribution in [0.2, 0.25) is 0 Å². The number of rotatable bonds is 5. The molecule has 0 aliphatic rings. The first-order valence-corrected chi connectivity index (χ1v) is 5.99. The van der Waals surface area contributed by atoms with Gasteiger partial charge >= 0.3 is 0 Å². The molecule has 18 heavy (non-hydrogen) atoms. The van der Waals surface area contributed by atoms with E-state index in [0.717, 1.165) is 42.3 Å². The summed E-state index contributed by atoms with van der Waals surface area (Å²) in [6.07, 6.45) is 5.50. The number of hydrogen-bond acceptors (Lipinski definition) is 5. The van der Waals surface area contributed by atoms with Crippen molar-refractivity contribution in [1.29, 1.82) is 0 Å². The highest BCUT2D eigenvalue weighted by Gasteiger charge is 2.05. The van der Waals surface area contributed by atoms with Gasteiger partial charge in [-0.15, -0.1) is 0 Å². The van der Waals surface area contributed by atoms with Crippen LogP contribution >= 0.6 is 0 Å². The van der Waals surface area contributed by atoms with E-state index in [0.29, 0.717) is 5.95 Å². The van der Waals surface area contributed by atoms with Crippen molar-refractivity contribution < 1.29 is 0 Å². The molecule has 0 aliphatic heterocycles. The van der Waals surface area contributed by atoms with Gasteiger partial charge in [-0.25, -0.2) is 9.97 Å². The number of nitrogens with one attached hydrogen (secondary N) is 2. The lowest BCUT2D eigenvalue weighted by atomic mass is 10.2. The Balaban J connectivity index is 1.86. The maximum atomic E-state index is 5.63. The minimum absolute atomic E-state index is 0.312. The Labute approximate surface area is 106 Å². The Kier molecular flexibility index (Phi) is 3.76. The van der Waals surface area contributed by atoms with E-state index in [1.54, 1.807) is 6.20 Å². The molecule has 0 fully saturated rings.